The van der Waals surface area contributed by atoms with Crippen LogP contribution in [0.2, 0.25) is 0 Å². The van der Waals surface area contributed by atoms with Gasteiger partial charge in [-0.3, -0.25) is 14.4 Å². The maximum absolute atomic E-state index is 13.0. The fourth-order valence-corrected chi connectivity index (χ4v) is 4.29. The molecule has 0 spiro atoms. The maximum Gasteiger partial charge on any atom is 0.274 e. The predicted molar refractivity (Wildman–Crippen MR) is 108 cm³/mol. The molecule has 2 N–H and O–H groups in total. The molecule has 1 aliphatic heterocycles. The number of carbonyl (C=O) groups is 2. The van der Waals surface area contributed by atoms with Crippen LogP contribution in [-0.2, 0) is 13.1 Å². The molecule has 2 heterocycles. The molecular weight excluding hydrogens is 389 g/mol. The highest BCUT2D eigenvalue weighted by atomic mass is 19.1. The number of fused-ring (bicyclic) bond motifs is 1. The van der Waals surface area contributed by atoms with E-state index in [0.29, 0.717) is 18.7 Å². The Morgan fingerprint density at radius 1 is 1.10 bits per heavy atom. The minimum atomic E-state index is -0.864. The van der Waals surface area contributed by atoms with Gasteiger partial charge in [0.25, 0.3) is 11.8 Å². The largest absolute Gasteiger partial charge is 0.503 e. The molecule has 0 atom stereocenters. The average molecular weight is 413 g/mol. The van der Waals surface area contributed by atoms with Crippen molar-refractivity contribution in [3.8, 4) is 5.75 Å². The Bertz CT molecular complexity index is 1030. The first kappa shape index (κ1) is 20.1. The van der Waals surface area contributed by atoms with E-state index in [2.05, 4.69) is 5.32 Å². The van der Waals surface area contributed by atoms with Gasteiger partial charge in [0, 0.05) is 31.9 Å². The number of hydrogen-bond acceptors (Lipinski definition) is 4. The van der Waals surface area contributed by atoms with E-state index in [1.54, 1.807) is 4.90 Å². The first-order valence-corrected chi connectivity index (χ1v) is 10.3. The van der Waals surface area contributed by atoms with Crippen LogP contribution >= 0.6 is 0 Å². The molecule has 30 heavy (non-hydrogen) atoms. The number of carbonyl (C=O) groups excluding carboxylic acids is 2. The molecule has 8 heteroatoms. The van der Waals surface area contributed by atoms with Crippen molar-refractivity contribution >= 4 is 11.8 Å². The highest BCUT2D eigenvalue weighted by molar-refractivity contribution is 5.99. The molecule has 1 aromatic heterocycles. The van der Waals surface area contributed by atoms with E-state index in [1.807, 2.05) is 0 Å². The van der Waals surface area contributed by atoms with Crippen molar-refractivity contribution < 1.29 is 19.1 Å². The van der Waals surface area contributed by atoms with Gasteiger partial charge >= 0.3 is 0 Å². The van der Waals surface area contributed by atoms with Gasteiger partial charge < -0.3 is 19.9 Å². The zero-order chi connectivity index (χ0) is 21.3. The highest BCUT2D eigenvalue weighted by Crippen LogP contribution is 2.28. The van der Waals surface area contributed by atoms with Crippen LogP contribution in [0.4, 0.5) is 4.39 Å². The predicted octanol–water partition coefficient (Wildman–Crippen LogP) is 2.41. The van der Waals surface area contributed by atoms with Gasteiger partial charge in [0.2, 0.25) is 5.43 Å². The highest BCUT2D eigenvalue weighted by Gasteiger charge is 2.34. The molecule has 1 fully saturated rings. The van der Waals surface area contributed by atoms with Crippen LogP contribution in [0.25, 0.3) is 0 Å². The average Bonchev–Trinajstić information content (AvgIpc) is 2.76. The van der Waals surface area contributed by atoms with Crippen molar-refractivity contribution in [2.24, 2.45) is 0 Å². The molecule has 158 valence electrons. The number of hydrogen-bond donors (Lipinski definition) is 2. The minimum Gasteiger partial charge on any atom is -0.503 e. The van der Waals surface area contributed by atoms with E-state index >= 15 is 0 Å². The monoisotopic (exact) mass is 413 g/mol. The summed E-state index contributed by atoms with van der Waals surface area (Å²) in [5.41, 5.74) is -0.466. The van der Waals surface area contributed by atoms with Gasteiger partial charge in [-0.25, -0.2) is 4.39 Å². The van der Waals surface area contributed by atoms with Crippen LogP contribution < -0.4 is 10.7 Å². The Morgan fingerprint density at radius 3 is 2.50 bits per heavy atom. The summed E-state index contributed by atoms with van der Waals surface area (Å²) in [7, 11) is 0. The second-order valence-corrected chi connectivity index (χ2v) is 7.86. The van der Waals surface area contributed by atoms with Crippen molar-refractivity contribution in [1.82, 2.24) is 14.8 Å². The molecule has 4 rings (SSSR count). The number of aromatic hydroxyl groups is 1. The molecule has 2 amide bonds. The van der Waals surface area contributed by atoms with Crippen LogP contribution in [0.5, 0.6) is 5.75 Å². The molecule has 2 aliphatic rings. The summed E-state index contributed by atoms with van der Waals surface area (Å²) in [6, 6.07) is 5.76. The topological polar surface area (TPSA) is 91.6 Å². The summed E-state index contributed by atoms with van der Waals surface area (Å²) in [6.07, 6.45) is 6.51. The maximum atomic E-state index is 13.0. The summed E-state index contributed by atoms with van der Waals surface area (Å²) in [6.45, 7) is 0.995. The van der Waals surface area contributed by atoms with Gasteiger partial charge in [0.15, 0.2) is 11.4 Å². The number of halogens is 1. The molecule has 1 aromatic carbocycles. The van der Waals surface area contributed by atoms with Gasteiger partial charge in [0.05, 0.1) is 0 Å². The van der Waals surface area contributed by atoms with Crippen molar-refractivity contribution in [2.45, 2.75) is 51.2 Å². The first-order chi connectivity index (χ1) is 14.5. The molecule has 7 nitrogen and oxygen atoms in total. The number of aromatic nitrogens is 1. The molecule has 0 saturated heterocycles. The number of rotatable bonds is 4. The van der Waals surface area contributed by atoms with Crippen LogP contribution in [0, 0.1) is 5.82 Å². The van der Waals surface area contributed by atoms with Gasteiger partial charge in [0.1, 0.15) is 11.4 Å². The number of nitrogens with zero attached hydrogens (tertiary/aromatic N) is 2. The van der Waals surface area contributed by atoms with Gasteiger partial charge in [-0.1, -0.05) is 31.4 Å². The Labute approximate surface area is 173 Å². The van der Waals surface area contributed by atoms with Crippen molar-refractivity contribution in [3.05, 3.63) is 63.3 Å². The Morgan fingerprint density at radius 2 is 1.80 bits per heavy atom. The molecule has 1 aliphatic carbocycles. The number of benzene rings is 1. The fourth-order valence-electron chi connectivity index (χ4n) is 4.29. The molecular formula is C22H24FN3O4. The lowest BCUT2D eigenvalue weighted by molar-refractivity contribution is 0.0562. The van der Waals surface area contributed by atoms with Crippen LogP contribution in [-0.4, -0.2) is 39.0 Å². The number of pyridine rings is 1. The Balaban J connectivity index is 1.55. The van der Waals surface area contributed by atoms with Crippen molar-refractivity contribution in [3.63, 3.8) is 0 Å². The van der Waals surface area contributed by atoms with E-state index in [-0.39, 0.29) is 35.6 Å². The quantitative estimate of drug-likeness (QED) is 0.805. The van der Waals surface area contributed by atoms with Crippen LogP contribution in [0.3, 0.4) is 0 Å². The lowest BCUT2D eigenvalue weighted by Gasteiger charge is -2.38. The summed E-state index contributed by atoms with van der Waals surface area (Å²) >= 11 is 0. The minimum absolute atomic E-state index is 0.0492. The lowest BCUT2D eigenvalue weighted by Crippen LogP contribution is -2.48. The summed E-state index contributed by atoms with van der Waals surface area (Å²) in [5.74, 6) is -2.08. The summed E-state index contributed by atoms with van der Waals surface area (Å²) in [4.78, 5) is 39.9. The van der Waals surface area contributed by atoms with E-state index in [0.717, 1.165) is 32.1 Å². The van der Waals surface area contributed by atoms with E-state index < -0.39 is 17.1 Å². The third kappa shape index (κ3) is 3.81. The second kappa shape index (κ2) is 8.30. The summed E-state index contributed by atoms with van der Waals surface area (Å²) < 4.78 is 14.5. The zero-order valence-corrected chi connectivity index (χ0v) is 16.6. The molecule has 0 unspecified atom stereocenters. The SMILES string of the molecule is O=C(NCc1ccc(F)cc1)c1cn2c(c(O)c1=O)C(=O)N(C1CCCCC1)CC2. The third-order valence-electron chi connectivity index (χ3n) is 5.93. The third-order valence-corrected chi connectivity index (χ3v) is 5.93. The van der Waals surface area contributed by atoms with E-state index in [9.17, 15) is 23.9 Å². The smallest absolute Gasteiger partial charge is 0.274 e. The van der Waals surface area contributed by atoms with E-state index in [4.69, 9.17) is 0 Å². The molecule has 0 bridgehead atoms. The Hall–Kier alpha value is -3.16. The first-order valence-electron chi connectivity index (χ1n) is 10.3. The van der Waals surface area contributed by atoms with Crippen LogP contribution in [0.15, 0.2) is 35.3 Å². The van der Waals surface area contributed by atoms with E-state index in [1.165, 1.54) is 35.0 Å². The molecule has 1 saturated carbocycles. The fraction of sp³-hybridized carbons (Fsp3) is 0.409. The Kier molecular flexibility index (Phi) is 5.57. The zero-order valence-electron chi connectivity index (χ0n) is 16.6. The lowest BCUT2D eigenvalue weighted by atomic mass is 9.93. The van der Waals surface area contributed by atoms with Gasteiger partial charge in [-0.15, -0.1) is 0 Å². The number of nitrogens with one attached hydrogen (secondary N) is 1. The van der Waals surface area contributed by atoms with Gasteiger partial charge in [-0.05, 0) is 30.5 Å². The molecule has 0 radical (unpaired) electrons. The van der Waals surface area contributed by atoms with Crippen molar-refractivity contribution in [2.75, 3.05) is 6.54 Å². The number of amides is 2. The van der Waals surface area contributed by atoms with Crippen molar-refractivity contribution in [1.29, 1.82) is 0 Å². The summed E-state index contributed by atoms with van der Waals surface area (Å²) in [5, 5.41) is 13.1. The van der Waals surface area contributed by atoms with Gasteiger partial charge in [-0.2, -0.15) is 0 Å². The van der Waals surface area contributed by atoms with Crippen LogP contribution in [0.1, 0.15) is 58.5 Å². The standard InChI is InChI=1S/C22H24FN3O4/c23-15-8-6-14(7-9-15)12-24-21(29)17-13-25-10-11-26(16-4-2-1-3-5-16)22(30)18(25)20(28)19(17)27/h6-9,13,16,28H,1-5,10-12H2,(H,24,29). The normalized spacial score (nSPS) is 17.0. The molecule has 2 aromatic rings. The second-order valence-electron chi connectivity index (χ2n) is 7.86.